The molecule has 2 aliphatic carbocycles. The number of carboxylic acid groups (broad SMARTS) is 2. The van der Waals surface area contributed by atoms with Crippen LogP contribution in [0, 0.1) is 5.41 Å². The molecule has 9 heteroatoms. The highest BCUT2D eigenvalue weighted by atomic mass is 16.5. The van der Waals surface area contributed by atoms with Gasteiger partial charge in [0.1, 0.15) is 11.9 Å². The second-order valence-electron chi connectivity index (χ2n) is 8.88. The number of hydrogen-bond donors (Lipinski definition) is 6. The van der Waals surface area contributed by atoms with E-state index in [1.807, 2.05) is 0 Å². The van der Waals surface area contributed by atoms with Crippen molar-refractivity contribution in [3.8, 4) is 5.75 Å². The summed E-state index contributed by atoms with van der Waals surface area (Å²) in [6.45, 7) is 1.66. The minimum absolute atomic E-state index is 0.0708. The van der Waals surface area contributed by atoms with Crippen LogP contribution in [0.2, 0.25) is 0 Å². The number of rotatable bonds is 6. The van der Waals surface area contributed by atoms with Crippen LogP contribution in [0.5, 0.6) is 5.75 Å². The van der Waals surface area contributed by atoms with E-state index in [0.717, 1.165) is 6.07 Å². The maximum absolute atomic E-state index is 13.1. The van der Waals surface area contributed by atoms with Gasteiger partial charge < -0.3 is 30.6 Å². The Morgan fingerprint density at radius 3 is 2.39 bits per heavy atom. The molecule has 0 heterocycles. The third-order valence-electron chi connectivity index (χ3n) is 6.84. The molecule has 0 aromatic heterocycles. The molecule has 2 bridgehead atoms. The fourth-order valence-corrected chi connectivity index (χ4v) is 5.17. The second-order valence-corrected chi connectivity index (χ2v) is 8.88. The highest BCUT2D eigenvalue weighted by molar-refractivity contribution is 6.00. The van der Waals surface area contributed by atoms with Crippen LogP contribution in [0.4, 0.5) is 0 Å². The maximum atomic E-state index is 13.1. The molecule has 33 heavy (non-hydrogen) atoms. The molecule has 2 aromatic carbocycles. The zero-order valence-electron chi connectivity index (χ0n) is 17.8. The fourth-order valence-electron chi connectivity index (χ4n) is 5.17. The van der Waals surface area contributed by atoms with Crippen molar-refractivity contribution in [1.82, 2.24) is 0 Å². The molecule has 2 aliphatic rings. The summed E-state index contributed by atoms with van der Waals surface area (Å²) in [4.78, 5) is 37.1. The Hall–Kier alpha value is -3.27. The largest absolute Gasteiger partial charge is 0.507 e. The van der Waals surface area contributed by atoms with Crippen molar-refractivity contribution in [1.29, 1.82) is 0 Å². The van der Waals surface area contributed by atoms with E-state index >= 15 is 0 Å². The van der Waals surface area contributed by atoms with Crippen molar-refractivity contribution in [3.05, 3.63) is 56.8 Å². The van der Waals surface area contributed by atoms with Crippen molar-refractivity contribution in [2.75, 3.05) is 0 Å². The molecule has 0 aliphatic heterocycles. The van der Waals surface area contributed by atoms with Crippen molar-refractivity contribution in [3.63, 3.8) is 0 Å². The number of carbonyl (C=O) groups is 2. The molecule has 174 valence electrons. The van der Waals surface area contributed by atoms with Gasteiger partial charge in [-0.2, -0.15) is 0 Å². The fraction of sp³-hybridized carbons (Fsp3) is 0.375. The first-order valence-electron chi connectivity index (χ1n) is 10.6. The van der Waals surface area contributed by atoms with Gasteiger partial charge in [-0.3, -0.25) is 14.4 Å². The van der Waals surface area contributed by atoms with Gasteiger partial charge in [-0.15, -0.1) is 0 Å². The lowest BCUT2D eigenvalue weighted by atomic mass is 9.78. The normalized spacial score (nSPS) is 20.9. The van der Waals surface area contributed by atoms with Gasteiger partial charge in [0.15, 0.2) is 10.8 Å². The Labute approximate surface area is 187 Å². The van der Waals surface area contributed by atoms with E-state index in [4.69, 9.17) is 0 Å². The number of fused-ring (bicyclic) bond motifs is 3. The average Bonchev–Trinajstić information content (AvgIpc) is 2.86. The summed E-state index contributed by atoms with van der Waals surface area (Å²) < 4.78 is 0. The summed E-state index contributed by atoms with van der Waals surface area (Å²) in [5.41, 5.74) is -1.87. The van der Waals surface area contributed by atoms with E-state index in [1.54, 1.807) is 6.92 Å². The highest BCUT2D eigenvalue weighted by Gasteiger charge is 2.51. The van der Waals surface area contributed by atoms with Gasteiger partial charge in [-0.25, -0.2) is 0 Å². The summed E-state index contributed by atoms with van der Waals surface area (Å²) in [6, 6.07) is 5.33. The summed E-state index contributed by atoms with van der Waals surface area (Å²) in [7, 11) is 0. The first-order valence-corrected chi connectivity index (χ1v) is 10.6. The molecule has 2 aromatic rings. The first kappa shape index (κ1) is 22.9. The van der Waals surface area contributed by atoms with E-state index < -0.39 is 47.0 Å². The lowest BCUT2D eigenvalue weighted by molar-refractivity contribution is -0.185. The standard InChI is InChI=1S/C24H24O9/c1-2-5-23(21(28)29,22(30)31)10-11-6-12-8-13-9-15(20(27)24(13,32)33)14-3-4-16(25)19(18(12)14)17(26)7-11/h3-4,6-8,15,20,25,27,32-33H,2,5,9-10H2,1H3,(H,28,29)(H,30,31). The highest BCUT2D eigenvalue weighted by Crippen LogP contribution is 2.50. The Morgan fingerprint density at radius 2 is 1.79 bits per heavy atom. The Morgan fingerprint density at radius 1 is 1.12 bits per heavy atom. The van der Waals surface area contributed by atoms with Gasteiger partial charge in [0, 0.05) is 11.3 Å². The van der Waals surface area contributed by atoms with Gasteiger partial charge in [-0.05, 0) is 59.7 Å². The lowest BCUT2D eigenvalue weighted by Gasteiger charge is -2.26. The van der Waals surface area contributed by atoms with Crippen LogP contribution >= 0.6 is 0 Å². The molecule has 0 amide bonds. The summed E-state index contributed by atoms with van der Waals surface area (Å²) in [5.74, 6) is -6.64. The van der Waals surface area contributed by atoms with Gasteiger partial charge in [0.2, 0.25) is 5.79 Å². The first-order chi connectivity index (χ1) is 15.4. The third-order valence-corrected chi connectivity index (χ3v) is 6.84. The number of aliphatic hydroxyl groups is 3. The number of carboxylic acids is 2. The van der Waals surface area contributed by atoms with Gasteiger partial charge in [-0.1, -0.05) is 25.5 Å². The molecule has 0 spiro atoms. The average molecular weight is 456 g/mol. The maximum Gasteiger partial charge on any atom is 0.321 e. The SMILES string of the molecule is CCCC(Cc1cc2c3c(ccc(O)c3c(=O)c1)C1CC(=C2)C(O)(O)C1O)(C(=O)O)C(=O)O. The Bertz CT molecular complexity index is 1260. The van der Waals surface area contributed by atoms with Crippen LogP contribution in [0.25, 0.3) is 16.8 Å². The molecular formula is C24H24O9. The molecule has 2 atom stereocenters. The molecule has 1 fully saturated rings. The third kappa shape index (κ3) is 3.31. The number of hydrogen-bond acceptors (Lipinski definition) is 7. The smallest absolute Gasteiger partial charge is 0.321 e. The predicted octanol–water partition coefficient (Wildman–Crippen LogP) is 1.33. The summed E-state index contributed by atoms with van der Waals surface area (Å²) >= 11 is 0. The minimum atomic E-state index is -2.50. The van der Waals surface area contributed by atoms with Crippen molar-refractivity contribution < 1.29 is 40.2 Å². The number of aromatic hydroxyl groups is 1. The monoisotopic (exact) mass is 456 g/mol. The second kappa shape index (κ2) is 7.65. The van der Waals surface area contributed by atoms with Crippen LogP contribution in [0.15, 0.2) is 34.6 Å². The predicted molar refractivity (Wildman–Crippen MR) is 117 cm³/mol. The summed E-state index contributed by atoms with van der Waals surface area (Å²) in [5, 5.41) is 61.6. The molecule has 2 unspecified atom stereocenters. The Kier molecular flexibility index (Phi) is 5.31. The van der Waals surface area contributed by atoms with E-state index in [0.29, 0.717) is 16.5 Å². The zero-order chi connectivity index (χ0) is 24.3. The van der Waals surface area contributed by atoms with Gasteiger partial charge in [0.05, 0.1) is 5.39 Å². The molecule has 1 saturated carbocycles. The number of benzene rings is 1. The minimum Gasteiger partial charge on any atom is -0.507 e. The van der Waals surface area contributed by atoms with Crippen LogP contribution in [-0.4, -0.2) is 54.5 Å². The van der Waals surface area contributed by atoms with Crippen LogP contribution < -0.4 is 5.43 Å². The lowest BCUT2D eigenvalue weighted by Crippen LogP contribution is -2.41. The number of phenolic OH excluding ortho intramolecular Hbond substituents is 1. The zero-order valence-corrected chi connectivity index (χ0v) is 17.8. The quantitative estimate of drug-likeness (QED) is 0.277. The number of aliphatic carboxylic acids is 2. The van der Waals surface area contributed by atoms with Crippen molar-refractivity contribution in [2.45, 2.75) is 50.4 Å². The van der Waals surface area contributed by atoms with E-state index in [9.17, 15) is 45.0 Å². The Balaban J connectivity index is 2.06. The molecule has 6 N–H and O–H groups in total. The van der Waals surface area contributed by atoms with Crippen molar-refractivity contribution in [2.24, 2.45) is 5.41 Å². The summed E-state index contributed by atoms with van der Waals surface area (Å²) in [6.07, 6.45) is -0.428. The molecule has 4 rings (SSSR count). The number of phenols is 1. The molecule has 0 radical (unpaired) electrons. The van der Waals surface area contributed by atoms with Crippen LogP contribution in [0.1, 0.15) is 48.8 Å². The van der Waals surface area contributed by atoms with E-state index in [-0.39, 0.29) is 41.5 Å². The van der Waals surface area contributed by atoms with Gasteiger partial charge >= 0.3 is 11.9 Å². The van der Waals surface area contributed by atoms with E-state index in [1.165, 1.54) is 24.3 Å². The van der Waals surface area contributed by atoms with Crippen LogP contribution in [0.3, 0.4) is 0 Å². The number of aliphatic hydroxyl groups excluding tert-OH is 1. The van der Waals surface area contributed by atoms with Gasteiger partial charge in [0.25, 0.3) is 0 Å². The van der Waals surface area contributed by atoms with Crippen molar-refractivity contribution >= 4 is 28.8 Å². The molecular weight excluding hydrogens is 432 g/mol. The topological polar surface area (TPSA) is 173 Å². The van der Waals surface area contributed by atoms with Crippen LogP contribution in [-0.2, 0) is 16.0 Å². The molecule has 9 nitrogen and oxygen atoms in total. The molecule has 0 saturated heterocycles. The van der Waals surface area contributed by atoms with E-state index in [2.05, 4.69) is 0 Å².